The summed E-state index contributed by atoms with van der Waals surface area (Å²) in [6.07, 6.45) is 3.55. The Kier molecular flexibility index (Phi) is 5.47. The highest BCUT2D eigenvalue weighted by molar-refractivity contribution is 14.1. The van der Waals surface area contributed by atoms with Crippen LogP contribution in [0.1, 0.15) is 28.9 Å². The van der Waals surface area contributed by atoms with Crippen LogP contribution >= 0.6 is 49.9 Å². The first kappa shape index (κ1) is 14.7. The summed E-state index contributed by atoms with van der Waals surface area (Å²) >= 11 is 7.01. The highest BCUT2D eigenvalue weighted by Gasteiger charge is 2.39. The number of hydrogen-bond acceptors (Lipinski definition) is 3. The average molecular weight is 443 g/mol. The zero-order chi connectivity index (χ0) is 13.1. The van der Waals surface area contributed by atoms with E-state index in [1.165, 1.54) is 24.2 Å². The lowest BCUT2D eigenvalue weighted by Crippen LogP contribution is -2.42. The van der Waals surface area contributed by atoms with Crippen LogP contribution in [-0.2, 0) is 0 Å². The number of rotatable bonds is 2. The fraction of sp³-hybridized carbons (Fsp3) is 0.583. The lowest BCUT2D eigenvalue weighted by Gasteiger charge is -2.20. The van der Waals surface area contributed by atoms with Crippen molar-refractivity contribution in [2.75, 3.05) is 4.93 Å². The Morgan fingerprint density at radius 1 is 1.50 bits per heavy atom. The molecular weight excluding hydrogens is 427 g/mol. The van der Waals surface area contributed by atoms with Gasteiger partial charge in [0.25, 0.3) is 5.91 Å². The predicted octanol–water partition coefficient (Wildman–Crippen LogP) is 3.18. The van der Waals surface area contributed by atoms with E-state index in [1.54, 1.807) is 0 Å². The van der Waals surface area contributed by atoms with Gasteiger partial charge in [-0.2, -0.15) is 0 Å². The van der Waals surface area contributed by atoms with Crippen molar-refractivity contribution >= 4 is 55.8 Å². The predicted molar refractivity (Wildman–Crippen MR) is 87.8 cm³/mol. The summed E-state index contributed by atoms with van der Waals surface area (Å²) in [7, 11) is 0. The molecule has 0 aliphatic carbocycles. The van der Waals surface area contributed by atoms with Gasteiger partial charge in [-0.05, 0) is 52.3 Å². The smallest absolute Gasteiger partial charge is 0.261 e. The molecule has 3 nitrogen and oxygen atoms in total. The van der Waals surface area contributed by atoms with Crippen LogP contribution in [0.5, 0.6) is 0 Å². The Bertz CT molecular complexity index is 426. The molecule has 2 aliphatic heterocycles. The van der Waals surface area contributed by atoms with E-state index in [9.17, 15) is 4.79 Å². The summed E-state index contributed by atoms with van der Waals surface area (Å²) < 4.78 is 1.00. The number of fused-ring (bicyclic) bond motifs is 2. The molecule has 1 aromatic rings. The van der Waals surface area contributed by atoms with E-state index < -0.39 is 0 Å². The number of carbonyl (C=O) groups excluding carboxylic acids is 1. The van der Waals surface area contributed by atoms with Gasteiger partial charge in [0.1, 0.15) is 0 Å². The minimum Gasteiger partial charge on any atom is -0.347 e. The molecule has 0 spiro atoms. The molecule has 0 radical (unpaired) electrons. The molecule has 3 rings (SSSR count). The lowest BCUT2D eigenvalue weighted by molar-refractivity contribution is 0.0935. The summed E-state index contributed by atoms with van der Waals surface area (Å²) in [6, 6.07) is 5.23. The third-order valence-electron chi connectivity index (χ3n) is 3.41. The van der Waals surface area contributed by atoms with Crippen molar-refractivity contribution in [3.63, 3.8) is 0 Å². The minimum atomic E-state index is 0.0649. The first-order chi connectivity index (χ1) is 8.72. The molecule has 0 aromatic carbocycles. The Labute approximate surface area is 133 Å². The fourth-order valence-electron chi connectivity index (χ4n) is 2.66. The molecular formula is C12H16BrIN2OS. The van der Waals surface area contributed by atoms with Gasteiger partial charge in [-0.1, -0.05) is 22.6 Å². The molecule has 3 atom stereocenters. The van der Waals surface area contributed by atoms with Crippen molar-refractivity contribution < 1.29 is 4.79 Å². The zero-order valence-corrected chi connectivity index (χ0v) is 14.6. The van der Waals surface area contributed by atoms with Gasteiger partial charge in [0.05, 0.1) is 8.66 Å². The molecule has 2 aliphatic rings. The van der Waals surface area contributed by atoms with Gasteiger partial charge in [-0.3, -0.25) is 4.79 Å². The van der Waals surface area contributed by atoms with Crippen LogP contribution in [0.4, 0.5) is 0 Å². The van der Waals surface area contributed by atoms with E-state index in [-0.39, 0.29) is 5.91 Å². The van der Waals surface area contributed by atoms with Gasteiger partial charge in [0, 0.05) is 18.1 Å². The van der Waals surface area contributed by atoms with Gasteiger partial charge in [0.2, 0.25) is 0 Å². The quantitative estimate of drug-likeness (QED) is 0.545. The number of hydrogen-bond donors (Lipinski definition) is 2. The molecule has 2 saturated heterocycles. The molecule has 1 aromatic heterocycles. The lowest BCUT2D eigenvalue weighted by atomic mass is 9.95. The number of thiophene rings is 1. The number of halogens is 2. The molecule has 0 saturated carbocycles. The van der Waals surface area contributed by atoms with Crippen molar-refractivity contribution in [1.29, 1.82) is 0 Å². The number of nitrogens with one attached hydrogen (secondary N) is 2. The Balaban J connectivity index is 0.000000574. The third-order valence-corrected chi connectivity index (χ3v) is 5.04. The van der Waals surface area contributed by atoms with Crippen LogP contribution in [0.3, 0.4) is 0 Å². The first-order valence-electron chi connectivity index (χ1n) is 5.92. The monoisotopic (exact) mass is 442 g/mol. The Morgan fingerprint density at radius 2 is 2.28 bits per heavy atom. The Morgan fingerprint density at radius 3 is 2.78 bits per heavy atom. The minimum absolute atomic E-state index is 0.0649. The van der Waals surface area contributed by atoms with Crippen molar-refractivity contribution in [1.82, 2.24) is 10.6 Å². The van der Waals surface area contributed by atoms with Crippen LogP contribution in [0.25, 0.3) is 0 Å². The molecule has 3 heterocycles. The molecule has 2 fully saturated rings. The van der Waals surface area contributed by atoms with E-state index in [2.05, 4.69) is 49.2 Å². The summed E-state index contributed by atoms with van der Waals surface area (Å²) in [5.74, 6) is 0.0649. The standard InChI is InChI=1S/C11H13BrN2OS.CH3I/c12-10-4-3-9(16-10)11(15)14-8-5-6-1-2-7(8)13-6;1-2/h3-4,6-8,13H,1-2,5H2,(H,14,15);1H3. The molecule has 18 heavy (non-hydrogen) atoms. The third kappa shape index (κ3) is 3.26. The highest BCUT2D eigenvalue weighted by atomic mass is 127. The van der Waals surface area contributed by atoms with Gasteiger partial charge < -0.3 is 10.6 Å². The van der Waals surface area contributed by atoms with Crippen molar-refractivity contribution in [3.05, 3.63) is 20.8 Å². The van der Waals surface area contributed by atoms with Crippen molar-refractivity contribution in [3.8, 4) is 0 Å². The van der Waals surface area contributed by atoms with E-state index in [4.69, 9.17) is 0 Å². The first-order valence-corrected chi connectivity index (χ1v) is 9.69. The Hall–Kier alpha value is 0.340. The number of alkyl halides is 1. The maximum Gasteiger partial charge on any atom is 0.261 e. The normalized spacial score (nSPS) is 28.7. The average Bonchev–Trinajstić information content (AvgIpc) is 3.07. The van der Waals surface area contributed by atoms with E-state index in [0.717, 1.165) is 15.1 Å². The summed E-state index contributed by atoms with van der Waals surface area (Å²) in [6.45, 7) is 0. The highest BCUT2D eigenvalue weighted by Crippen LogP contribution is 2.29. The molecule has 100 valence electrons. The van der Waals surface area contributed by atoms with Gasteiger partial charge in [-0.15, -0.1) is 11.3 Å². The largest absolute Gasteiger partial charge is 0.347 e. The second-order valence-corrected chi connectivity index (χ2v) is 6.93. The molecule has 1 amide bonds. The zero-order valence-electron chi connectivity index (χ0n) is 10.1. The molecule has 6 heteroatoms. The van der Waals surface area contributed by atoms with E-state index in [0.29, 0.717) is 18.1 Å². The van der Waals surface area contributed by atoms with Crippen LogP contribution in [-0.4, -0.2) is 29.0 Å². The van der Waals surface area contributed by atoms with Crippen LogP contribution in [0, 0.1) is 0 Å². The summed E-state index contributed by atoms with van der Waals surface area (Å²) in [4.78, 5) is 14.7. The number of carbonyl (C=O) groups is 1. The van der Waals surface area contributed by atoms with Crippen LogP contribution in [0.2, 0.25) is 0 Å². The topological polar surface area (TPSA) is 41.1 Å². The van der Waals surface area contributed by atoms with Gasteiger partial charge >= 0.3 is 0 Å². The molecule has 2 bridgehead atoms. The van der Waals surface area contributed by atoms with E-state index >= 15 is 0 Å². The molecule has 3 unspecified atom stereocenters. The van der Waals surface area contributed by atoms with Crippen molar-refractivity contribution in [2.45, 2.75) is 37.4 Å². The number of amides is 1. The fourth-order valence-corrected chi connectivity index (χ4v) is 3.95. The summed E-state index contributed by atoms with van der Waals surface area (Å²) in [5, 5.41) is 6.65. The van der Waals surface area contributed by atoms with E-state index in [1.807, 2.05) is 17.1 Å². The van der Waals surface area contributed by atoms with Gasteiger partial charge in [0.15, 0.2) is 0 Å². The maximum atomic E-state index is 11.9. The van der Waals surface area contributed by atoms with Crippen LogP contribution in [0.15, 0.2) is 15.9 Å². The van der Waals surface area contributed by atoms with Gasteiger partial charge in [-0.25, -0.2) is 0 Å². The SMILES string of the molecule is CI.O=C(NC1CC2CCC1N2)c1ccc(Br)s1. The van der Waals surface area contributed by atoms with Crippen LogP contribution < -0.4 is 10.6 Å². The maximum absolute atomic E-state index is 11.9. The second-order valence-electron chi connectivity index (χ2n) is 4.47. The molecule has 2 N–H and O–H groups in total. The van der Waals surface area contributed by atoms with Crippen molar-refractivity contribution in [2.24, 2.45) is 0 Å². The second kappa shape index (κ2) is 6.67. The summed E-state index contributed by atoms with van der Waals surface area (Å²) in [5.41, 5.74) is 0.